The van der Waals surface area contributed by atoms with Crippen LogP contribution in [-0.4, -0.2) is 52.4 Å². The third kappa shape index (κ3) is 3.80. The number of aryl methyl sites for hydroxylation is 1. The summed E-state index contributed by atoms with van der Waals surface area (Å²) in [6.45, 7) is 12.3. The Hall–Kier alpha value is -2.27. The fourth-order valence-electron chi connectivity index (χ4n) is 4.71. The molecule has 1 aromatic heterocycles. The summed E-state index contributed by atoms with van der Waals surface area (Å²) >= 11 is 0. The lowest BCUT2D eigenvalue weighted by Gasteiger charge is -2.46. The minimum atomic E-state index is -0.130. The number of benzene rings is 1. The van der Waals surface area contributed by atoms with Crippen LogP contribution >= 0.6 is 0 Å². The number of rotatable bonds is 2. The molecule has 2 aliphatic heterocycles. The summed E-state index contributed by atoms with van der Waals surface area (Å²) in [5.74, 6) is 0.878. The predicted molar refractivity (Wildman–Crippen MR) is 115 cm³/mol. The second-order valence-electron chi connectivity index (χ2n) is 9.91. The number of amides is 1. The van der Waals surface area contributed by atoms with Crippen molar-refractivity contribution >= 4 is 5.91 Å². The number of likely N-dealkylation sites (tertiary alicyclic amines) is 1. The van der Waals surface area contributed by atoms with Gasteiger partial charge in [-0.15, -0.1) is 0 Å². The highest BCUT2D eigenvalue weighted by atomic mass is 16.2. The average Bonchev–Trinajstić information content (AvgIpc) is 2.67. The van der Waals surface area contributed by atoms with Crippen LogP contribution in [0.25, 0.3) is 0 Å². The van der Waals surface area contributed by atoms with Crippen molar-refractivity contribution in [3.05, 3.63) is 58.7 Å². The first kappa shape index (κ1) is 20.0. The number of hydrogen-bond acceptors (Lipinski definition) is 4. The van der Waals surface area contributed by atoms with Crippen molar-refractivity contribution in [1.29, 1.82) is 0 Å². The van der Waals surface area contributed by atoms with Crippen molar-refractivity contribution in [3.8, 4) is 0 Å². The fourth-order valence-corrected chi connectivity index (χ4v) is 4.71. The molecule has 29 heavy (non-hydrogen) atoms. The minimum absolute atomic E-state index is 0.0493. The van der Waals surface area contributed by atoms with Crippen molar-refractivity contribution in [1.82, 2.24) is 19.8 Å². The molecule has 1 aromatic carbocycles. The number of aromatic nitrogens is 2. The zero-order chi connectivity index (χ0) is 20.8. The van der Waals surface area contributed by atoms with Gasteiger partial charge in [0, 0.05) is 37.2 Å². The van der Waals surface area contributed by atoms with Gasteiger partial charge in [0.25, 0.3) is 5.91 Å². The van der Waals surface area contributed by atoms with Crippen molar-refractivity contribution in [2.45, 2.75) is 57.9 Å². The van der Waals surface area contributed by atoms with Crippen LogP contribution in [0.4, 0.5) is 0 Å². The van der Waals surface area contributed by atoms with Crippen LogP contribution in [0.5, 0.6) is 0 Å². The molecular weight excluding hydrogens is 360 g/mol. The first-order valence-electron chi connectivity index (χ1n) is 10.6. The molecule has 1 spiro atoms. The van der Waals surface area contributed by atoms with Gasteiger partial charge in [0.1, 0.15) is 5.82 Å². The van der Waals surface area contributed by atoms with Crippen molar-refractivity contribution in [2.75, 3.05) is 26.7 Å². The van der Waals surface area contributed by atoms with E-state index in [1.54, 1.807) is 6.20 Å². The van der Waals surface area contributed by atoms with E-state index < -0.39 is 0 Å². The second-order valence-corrected chi connectivity index (χ2v) is 9.91. The van der Waals surface area contributed by atoms with Crippen LogP contribution < -0.4 is 0 Å². The highest BCUT2D eigenvalue weighted by Crippen LogP contribution is 2.41. The van der Waals surface area contributed by atoms with Crippen LogP contribution in [0.1, 0.15) is 66.6 Å². The first-order valence-corrected chi connectivity index (χ1v) is 10.6. The summed E-state index contributed by atoms with van der Waals surface area (Å²) < 4.78 is 0. The molecule has 1 fully saturated rings. The summed E-state index contributed by atoms with van der Waals surface area (Å²) in [7, 11) is 1.91. The van der Waals surface area contributed by atoms with Crippen LogP contribution in [-0.2, 0) is 17.4 Å². The molecule has 0 bridgehead atoms. The number of fused-ring (bicyclic) bond motifs is 2. The summed E-state index contributed by atoms with van der Waals surface area (Å²) in [5.41, 5.74) is 4.16. The van der Waals surface area contributed by atoms with E-state index in [-0.39, 0.29) is 16.7 Å². The van der Waals surface area contributed by atoms with Crippen LogP contribution in [0.3, 0.4) is 0 Å². The molecule has 0 radical (unpaired) electrons. The maximum absolute atomic E-state index is 12.8. The number of hydrogen-bond donors (Lipinski definition) is 0. The van der Waals surface area contributed by atoms with E-state index in [0.717, 1.165) is 50.5 Å². The van der Waals surface area contributed by atoms with Gasteiger partial charge in [0.2, 0.25) is 0 Å². The minimum Gasteiger partial charge on any atom is -0.341 e. The number of piperidine rings is 1. The Labute approximate surface area is 174 Å². The lowest BCUT2D eigenvalue weighted by atomic mass is 9.71. The van der Waals surface area contributed by atoms with E-state index in [2.05, 4.69) is 61.8 Å². The third-order valence-electron chi connectivity index (χ3n) is 6.38. The van der Waals surface area contributed by atoms with Gasteiger partial charge in [-0.2, -0.15) is 0 Å². The van der Waals surface area contributed by atoms with Crippen molar-refractivity contribution in [3.63, 3.8) is 0 Å². The molecule has 0 unspecified atom stereocenters. The van der Waals surface area contributed by atoms with Gasteiger partial charge in [-0.05, 0) is 38.4 Å². The molecule has 154 valence electrons. The molecule has 5 nitrogen and oxygen atoms in total. The highest BCUT2D eigenvalue weighted by Gasteiger charge is 2.46. The van der Waals surface area contributed by atoms with E-state index in [1.165, 1.54) is 11.1 Å². The van der Waals surface area contributed by atoms with Gasteiger partial charge >= 0.3 is 0 Å². The van der Waals surface area contributed by atoms with E-state index in [1.807, 2.05) is 11.9 Å². The molecule has 0 saturated carbocycles. The Kier molecular flexibility index (Phi) is 4.97. The quantitative estimate of drug-likeness (QED) is 0.782. The Morgan fingerprint density at radius 1 is 1.17 bits per heavy atom. The number of nitrogens with zero attached hydrogens (tertiary/aromatic N) is 4. The summed E-state index contributed by atoms with van der Waals surface area (Å²) in [6, 6.07) is 8.77. The fraction of sp³-hybridized carbons (Fsp3) is 0.542. The van der Waals surface area contributed by atoms with Gasteiger partial charge in [0.15, 0.2) is 0 Å². The monoisotopic (exact) mass is 392 g/mol. The van der Waals surface area contributed by atoms with Gasteiger partial charge in [-0.1, -0.05) is 50.6 Å². The van der Waals surface area contributed by atoms with Crippen molar-refractivity contribution in [2.24, 2.45) is 0 Å². The van der Waals surface area contributed by atoms with Crippen LogP contribution in [0.15, 0.2) is 30.5 Å². The van der Waals surface area contributed by atoms with E-state index in [4.69, 9.17) is 4.98 Å². The molecule has 1 saturated heterocycles. The van der Waals surface area contributed by atoms with Crippen LogP contribution in [0.2, 0.25) is 0 Å². The van der Waals surface area contributed by atoms with Crippen LogP contribution in [0, 0.1) is 6.92 Å². The normalized spacial score (nSPS) is 19.5. The van der Waals surface area contributed by atoms with Crippen molar-refractivity contribution < 1.29 is 4.79 Å². The maximum atomic E-state index is 12.8. The smallest absolute Gasteiger partial charge is 0.257 e. The summed E-state index contributed by atoms with van der Waals surface area (Å²) in [4.78, 5) is 26.7. The van der Waals surface area contributed by atoms with E-state index in [0.29, 0.717) is 5.56 Å². The molecule has 1 amide bonds. The summed E-state index contributed by atoms with van der Waals surface area (Å²) in [5, 5.41) is 0. The Balaban J connectivity index is 1.60. The largest absolute Gasteiger partial charge is 0.341 e. The average molecular weight is 393 g/mol. The first-order chi connectivity index (χ1) is 13.7. The van der Waals surface area contributed by atoms with Gasteiger partial charge in [0.05, 0.1) is 11.3 Å². The van der Waals surface area contributed by atoms with Gasteiger partial charge < -0.3 is 4.90 Å². The predicted octanol–water partition coefficient (Wildman–Crippen LogP) is 3.70. The lowest BCUT2D eigenvalue weighted by molar-refractivity contribution is 0.0622. The second kappa shape index (κ2) is 7.21. The standard InChI is InChI=1S/C24H32N4O/c1-17-7-6-8-18(13-17)15-28-11-9-24(10-12-28)16-27(5)21(29)19-14-25-22(23(2,3)4)26-20(19)24/h6-8,13-14H,9-12,15-16H2,1-5H3. The topological polar surface area (TPSA) is 49.3 Å². The molecule has 0 aliphatic carbocycles. The Morgan fingerprint density at radius 2 is 1.90 bits per heavy atom. The molecular formula is C24H32N4O. The molecule has 3 heterocycles. The Morgan fingerprint density at radius 3 is 2.55 bits per heavy atom. The molecule has 4 rings (SSSR count). The maximum Gasteiger partial charge on any atom is 0.257 e. The summed E-state index contributed by atoms with van der Waals surface area (Å²) in [6.07, 6.45) is 3.80. The lowest BCUT2D eigenvalue weighted by Crippen LogP contribution is -2.54. The zero-order valence-corrected chi connectivity index (χ0v) is 18.3. The van der Waals surface area contributed by atoms with E-state index in [9.17, 15) is 4.79 Å². The third-order valence-corrected chi connectivity index (χ3v) is 6.38. The Bertz CT molecular complexity index is 923. The molecule has 2 aromatic rings. The highest BCUT2D eigenvalue weighted by molar-refractivity contribution is 5.96. The van der Waals surface area contributed by atoms with Gasteiger partial charge in [-0.25, -0.2) is 9.97 Å². The number of carbonyl (C=O) groups is 1. The molecule has 0 N–H and O–H groups in total. The molecule has 2 aliphatic rings. The number of likely N-dealkylation sites (N-methyl/N-ethyl adjacent to an activating group) is 1. The zero-order valence-electron chi connectivity index (χ0n) is 18.3. The SMILES string of the molecule is Cc1cccc(CN2CCC3(CC2)CN(C)C(=O)c2cnc(C(C)(C)C)nc23)c1. The molecule has 0 atom stereocenters. The van der Waals surface area contributed by atoms with E-state index >= 15 is 0 Å². The van der Waals surface area contributed by atoms with Gasteiger partial charge in [-0.3, -0.25) is 9.69 Å². The number of carbonyl (C=O) groups excluding carboxylic acids is 1. The molecule has 5 heteroatoms.